The Labute approximate surface area is 244 Å². The van der Waals surface area contributed by atoms with E-state index in [4.69, 9.17) is 23.2 Å². The minimum absolute atomic E-state index is 0.0294. The number of amides is 2. The van der Waals surface area contributed by atoms with Gasteiger partial charge in [0.2, 0.25) is 21.8 Å². The average molecular weight is 609 g/mol. The standard InChI is InChI=1S/C29H32Cl2FN3O4S/c1-4-20(2)33-29(37)27(16-21-10-6-5-7-11-21)34(18-22-12-8-9-13-25(22)32)28(36)19-35(40(3,38)39)26-15-14-23(30)17-24(26)31/h5-15,17,20,27H,4,16,18-19H2,1-3H3,(H,33,37)/t20-,27+/m1/s1. The molecule has 0 aliphatic rings. The van der Waals surface area contributed by atoms with E-state index in [1.807, 2.05) is 44.2 Å². The lowest BCUT2D eigenvalue weighted by Gasteiger charge is -2.34. The van der Waals surface area contributed by atoms with Crippen molar-refractivity contribution in [3.63, 3.8) is 0 Å². The molecule has 0 saturated heterocycles. The Morgan fingerprint density at radius 2 is 1.65 bits per heavy atom. The second-order valence-electron chi connectivity index (χ2n) is 9.50. The fourth-order valence-electron chi connectivity index (χ4n) is 4.08. The number of nitrogens with zero attached hydrogens (tertiary/aromatic N) is 2. The Balaban J connectivity index is 2.09. The number of halogens is 3. The van der Waals surface area contributed by atoms with E-state index in [-0.39, 0.29) is 35.3 Å². The first-order valence-electron chi connectivity index (χ1n) is 12.7. The molecule has 0 bridgehead atoms. The summed E-state index contributed by atoms with van der Waals surface area (Å²) >= 11 is 12.3. The average Bonchev–Trinajstić information content (AvgIpc) is 2.90. The molecule has 0 radical (unpaired) electrons. The number of sulfonamides is 1. The predicted molar refractivity (Wildman–Crippen MR) is 157 cm³/mol. The molecule has 0 aliphatic heterocycles. The van der Waals surface area contributed by atoms with Crippen LogP contribution in [0, 0.1) is 5.82 Å². The van der Waals surface area contributed by atoms with E-state index >= 15 is 0 Å². The molecule has 11 heteroatoms. The zero-order chi connectivity index (χ0) is 29.4. The highest BCUT2D eigenvalue weighted by molar-refractivity contribution is 7.92. The Kier molecular flexibility index (Phi) is 11.0. The summed E-state index contributed by atoms with van der Waals surface area (Å²) in [5.74, 6) is -1.69. The van der Waals surface area contributed by atoms with Crippen LogP contribution < -0.4 is 9.62 Å². The molecule has 0 unspecified atom stereocenters. The highest BCUT2D eigenvalue weighted by atomic mass is 35.5. The summed E-state index contributed by atoms with van der Waals surface area (Å²) in [5, 5.41) is 3.24. The highest BCUT2D eigenvalue weighted by Gasteiger charge is 2.34. The van der Waals surface area contributed by atoms with Gasteiger partial charge in [0.15, 0.2) is 0 Å². The minimum Gasteiger partial charge on any atom is -0.352 e. The zero-order valence-electron chi connectivity index (χ0n) is 22.5. The molecule has 0 spiro atoms. The van der Waals surface area contributed by atoms with Gasteiger partial charge in [-0.25, -0.2) is 12.8 Å². The van der Waals surface area contributed by atoms with Crippen LogP contribution in [0.2, 0.25) is 10.0 Å². The molecule has 1 N–H and O–H groups in total. The minimum atomic E-state index is -4.01. The normalized spacial score (nSPS) is 12.8. The van der Waals surface area contributed by atoms with Crippen LogP contribution in [0.5, 0.6) is 0 Å². The first-order valence-corrected chi connectivity index (χ1v) is 15.3. The lowest BCUT2D eigenvalue weighted by atomic mass is 10.0. The van der Waals surface area contributed by atoms with Gasteiger partial charge < -0.3 is 10.2 Å². The molecule has 0 heterocycles. The quantitative estimate of drug-likeness (QED) is 0.296. The first-order chi connectivity index (χ1) is 18.9. The Hall–Kier alpha value is -3.14. The number of rotatable bonds is 12. The molecule has 3 aromatic carbocycles. The topological polar surface area (TPSA) is 86.8 Å². The van der Waals surface area contributed by atoms with E-state index < -0.39 is 40.2 Å². The van der Waals surface area contributed by atoms with Crippen molar-refractivity contribution in [3.8, 4) is 0 Å². The van der Waals surface area contributed by atoms with Crippen LogP contribution in [0.15, 0.2) is 72.8 Å². The molecule has 0 fully saturated rings. The van der Waals surface area contributed by atoms with E-state index in [1.165, 1.54) is 41.3 Å². The molecule has 0 aliphatic carbocycles. The molecule has 2 atom stereocenters. The van der Waals surface area contributed by atoms with Gasteiger partial charge in [0, 0.05) is 29.6 Å². The summed E-state index contributed by atoms with van der Waals surface area (Å²) in [5.41, 5.74) is 1.01. The van der Waals surface area contributed by atoms with Crippen molar-refractivity contribution in [2.45, 2.75) is 45.3 Å². The molecule has 7 nitrogen and oxygen atoms in total. The predicted octanol–water partition coefficient (Wildman–Crippen LogP) is 5.45. The summed E-state index contributed by atoms with van der Waals surface area (Å²) in [4.78, 5) is 28.9. The van der Waals surface area contributed by atoms with E-state index in [9.17, 15) is 22.4 Å². The third-order valence-electron chi connectivity index (χ3n) is 6.43. The molecule has 3 aromatic rings. The third-order valence-corrected chi connectivity index (χ3v) is 8.09. The molecule has 3 rings (SSSR count). The van der Waals surface area contributed by atoms with Crippen molar-refractivity contribution in [2.75, 3.05) is 17.1 Å². The molecule has 2 amide bonds. The highest BCUT2D eigenvalue weighted by Crippen LogP contribution is 2.30. The Morgan fingerprint density at radius 1 is 1.00 bits per heavy atom. The summed E-state index contributed by atoms with van der Waals surface area (Å²) in [7, 11) is -4.01. The van der Waals surface area contributed by atoms with Crippen LogP contribution in [-0.2, 0) is 32.6 Å². The Morgan fingerprint density at radius 3 is 2.25 bits per heavy atom. The van der Waals surface area contributed by atoms with Gasteiger partial charge in [0.05, 0.1) is 17.0 Å². The van der Waals surface area contributed by atoms with Gasteiger partial charge in [0.25, 0.3) is 0 Å². The van der Waals surface area contributed by atoms with Gasteiger partial charge in [-0.1, -0.05) is 78.7 Å². The monoisotopic (exact) mass is 607 g/mol. The largest absolute Gasteiger partial charge is 0.352 e. The summed E-state index contributed by atoms with van der Waals surface area (Å²) in [6.45, 7) is 2.83. The van der Waals surface area contributed by atoms with Crippen molar-refractivity contribution in [3.05, 3.63) is 99.8 Å². The van der Waals surface area contributed by atoms with Crippen molar-refractivity contribution in [1.29, 1.82) is 0 Å². The SMILES string of the molecule is CC[C@@H](C)NC(=O)[C@H](Cc1ccccc1)N(Cc1ccccc1F)C(=O)CN(c1ccc(Cl)cc1Cl)S(C)(=O)=O. The van der Waals surface area contributed by atoms with Gasteiger partial charge >= 0.3 is 0 Å². The second-order valence-corrected chi connectivity index (χ2v) is 12.3. The number of carbonyl (C=O) groups excluding carboxylic acids is 2. The Bertz CT molecular complexity index is 1440. The van der Waals surface area contributed by atoms with Gasteiger partial charge in [-0.3, -0.25) is 13.9 Å². The second kappa shape index (κ2) is 14.0. The molecule has 214 valence electrons. The fourth-order valence-corrected chi connectivity index (χ4v) is 5.51. The van der Waals surface area contributed by atoms with Crippen molar-refractivity contribution >= 4 is 50.7 Å². The number of benzene rings is 3. The van der Waals surface area contributed by atoms with E-state index in [1.54, 1.807) is 6.07 Å². The van der Waals surface area contributed by atoms with Gasteiger partial charge in [-0.2, -0.15) is 0 Å². The van der Waals surface area contributed by atoms with Crippen molar-refractivity contribution < 1.29 is 22.4 Å². The molecule has 0 aromatic heterocycles. The molecular weight excluding hydrogens is 576 g/mol. The fraction of sp³-hybridized carbons (Fsp3) is 0.310. The number of nitrogens with one attached hydrogen (secondary N) is 1. The number of hydrogen-bond donors (Lipinski definition) is 1. The van der Waals surface area contributed by atoms with Gasteiger partial charge in [0.1, 0.15) is 18.4 Å². The molecular formula is C29H32Cl2FN3O4S. The number of anilines is 1. The first kappa shape index (κ1) is 31.4. The summed E-state index contributed by atoms with van der Waals surface area (Å²) < 4.78 is 41.3. The smallest absolute Gasteiger partial charge is 0.244 e. The van der Waals surface area contributed by atoms with Gasteiger partial charge in [-0.15, -0.1) is 0 Å². The van der Waals surface area contributed by atoms with Gasteiger partial charge in [-0.05, 0) is 43.2 Å². The summed E-state index contributed by atoms with van der Waals surface area (Å²) in [6.07, 6.45) is 1.73. The maximum atomic E-state index is 14.8. The van der Waals surface area contributed by atoms with Crippen molar-refractivity contribution in [1.82, 2.24) is 10.2 Å². The van der Waals surface area contributed by atoms with Crippen LogP contribution in [-0.4, -0.2) is 50.0 Å². The van der Waals surface area contributed by atoms with Crippen molar-refractivity contribution in [2.24, 2.45) is 0 Å². The van der Waals surface area contributed by atoms with Crippen LogP contribution >= 0.6 is 23.2 Å². The lowest BCUT2D eigenvalue weighted by molar-refractivity contribution is -0.140. The number of hydrogen-bond acceptors (Lipinski definition) is 4. The van der Waals surface area contributed by atoms with E-state index in [0.29, 0.717) is 11.4 Å². The molecule has 0 saturated carbocycles. The maximum absolute atomic E-state index is 14.8. The zero-order valence-corrected chi connectivity index (χ0v) is 24.8. The van der Waals surface area contributed by atoms with Crippen LogP contribution in [0.3, 0.4) is 0 Å². The molecule has 40 heavy (non-hydrogen) atoms. The van der Waals surface area contributed by atoms with Crippen LogP contribution in [0.25, 0.3) is 0 Å². The van der Waals surface area contributed by atoms with E-state index in [2.05, 4.69) is 5.32 Å². The maximum Gasteiger partial charge on any atom is 0.244 e. The van der Waals surface area contributed by atoms with Crippen LogP contribution in [0.4, 0.5) is 10.1 Å². The van der Waals surface area contributed by atoms with E-state index in [0.717, 1.165) is 16.1 Å². The van der Waals surface area contributed by atoms with Crippen LogP contribution in [0.1, 0.15) is 31.4 Å². The lowest BCUT2D eigenvalue weighted by Crippen LogP contribution is -2.54. The number of carbonyl (C=O) groups is 2. The third kappa shape index (κ3) is 8.43. The summed E-state index contributed by atoms with van der Waals surface area (Å²) in [6, 6.07) is 18.0.